The van der Waals surface area contributed by atoms with E-state index in [-0.39, 0.29) is 18.1 Å². The minimum atomic E-state index is 0.0899. The highest BCUT2D eigenvalue weighted by Crippen LogP contribution is 2.29. The van der Waals surface area contributed by atoms with Crippen LogP contribution in [-0.2, 0) is 11.2 Å². The molecule has 2 aromatic carbocycles. The number of nitrogens with zero attached hydrogens (tertiary/aromatic N) is 2. The number of benzene rings is 2. The maximum absolute atomic E-state index is 12.6. The molecule has 0 radical (unpaired) electrons. The van der Waals surface area contributed by atoms with Gasteiger partial charge in [-0.15, -0.1) is 0 Å². The third-order valence-corrected chi connectivity index (χ3v) is 5.12. The number of carbonyl (C=O) groups is 1. The van der Waals surface area contributed by atoms with Gasteiger partial charge in [0.2, 0.25) is 11.8 Å². The van der Waals surface area contributed by atoms with Crippen molar-refractivity contribution >= 4 is 5.91 Å². The minimum absolute atomic E-state index is 0.0899. The van der Waals surface area contributed by atoms with Crippen molar-refractivity contribution in [3.05, 3.63) is 72.1 Å². The summed E-state index contributed by atoms with van der Waals surface area (Å²) in [4.78, 5) is 19.0. The van der Waals surface area contributed by atoms with Crippen LogP contribution in [0.5, 0.6) is 5.75 Å². The molecule has 0 saturated carbocycles. The fourth-order valence-electron chi connectivity index (χ4n) is 3.58. The molecule has 0 bridgehead atoms. The van der Waals surface area contributed by atoms with Gasteiger partial charge in [-0.25, -0.2) is 4.98 Å². The van der Waals surface area contributed by atoms with Gasteiger partial charge in [0.05, 0.1) is 12.1 Å². The first-order valence-electron chi connectivity index (χ1n) is 9.25. The summed E-state index contributed by atoms with van der Waals surface area (Å²) in [6.07, 6.45) is 3.71. The van der Waals surface area contributed by atoms with Crippen molar-refractivity contribution in [1.29, 1.82) is 0 Å². The smallest absolute Gasteiger partial charge is 0.228 e. The second-order valence-electron chi connectivity index (χ2n) is 6.93. The molecule has 1 amide bonds. The van der Waals surface area contributed by atoms with Gasteiger partial charge < -0.3 is 14.4 Å². The molecule has 0 spiro atoms. The summed E-state index contributed by atoms with van der Waals surface area (Å²) in [5.41, 5.74) is 2.80. The molecular weight excluding hydrogens is 340 g/mol. The third kappa shape index (κ3) is 4.03. The lowest BCUT2D eigenvalue weighted by Gasteiger charge is -2.32. The average molecular weight is 362 g/mol. The van der Waals surface area contributed by atoms with Crippen molar-refractivity contribution in [1.82, 2.24) is 9.88 Å². The van der Waals surface area contributed by atoms with Crippen LogP contribution in [0.4, 0.5) is 0 Å². The van der Waals surface area contributed by atoms with E-state index in [2.05, 4.69) is 4.98 Å². The number of rotatable bonds is 4. The number of aromatic nitrogens is 1. The molecule has 138 valence electrons. The first kappa shape index (κ1) is 17.3. The van der Waals surface area contributed by atoms with Crippen LogP contribution >= 0.6 is 0 Å². The van der Waals surface area contributed by atoms with Crippen LogP contribution < -0.4 is 0 Å². The van der Waals surface area contributed by atoms with Crippen molar-refractivity contribution in [2.75, 3.05) is 13.1 Å². The number of carbonyl (C=O) groups excluding carboxylic acids is 1. The van der Waals surface area contributed by atoms with Gasteiger partial charge in [-0.2, -0.15) is 0 Å². The molecule has 1 aromatic heterocycles. The molecule has 5 heteroatoms. The van der Waals surface area contributed by atoms with Gasteiger partial charge in [0.1, 0.15) is 12.0 Å². The highest BCUT2D eigenvalue weighted by molar-refractivity contribution is 5.78. The van der Waals surface area contributed by atoms with Gasteiger partial charge in [-0.1, -0.05) is 30.3 Å². The molecule has 1 aliphatic rings. The molecule has 4 rings (SSSR count). The summed E-state index contributed by atoms with van der Waals surface area (Å²) < 4.78 is 5.52. The molecule has 1 N–H and O–H groups in total. The van der Waals surface area contributed by atoms with Crippen LogP contribution in [0.3, 0.4) is 0 Å². The zero-order valence-electron chi connectivity index (χ0n) is 15.0. The van der Waals surface area contributed by atoms with E-state index in [1.54, 1.807) is 18.4 Å². The first-order chi connectivity index (χ1) is 13.2. The lowest BCUT2D eigenvalue weighted by Crippen LogP contribution is -2.38. The maximum Gasteiger partial charge on any atom is 0.228 e. The number of hydrogen-bond donors (Lipinski definition) is 1. The van der Waals surface area contributed by atoms with Crippen LogP contribution in [0.15, 0.2) is 65.3 Å². The lowest BCUT2D eigenvalue weighted by atomic mass is 9.89. The van der Waals surface area contributed by atoms with Crippen molar-refractivity contribution in [3.8, 4) is 17.2 Å². The summed E-state index contributed by atoms with van der Waals surface area (Å²) in [7, 11) is 0. The fraction of sp³-hybridized carbons (Fsp3) is 0.273. The van der Waals surface area contributed by atoms with Crippen LogP contribution in [-0.4, -0.2) is 34.0 Å². The first-order valence-corrected chi connectivity index (χ1v) is 9.25. The quantitative estimate of drug-likeness (QED) is 0.762. The van der Waals surface area contributed by atoms with E-state index < -0.39 is 0 Å². The van der Waals surface area contributed by atoms with Gasteiger partial charge in [-0.05, 0) is 48.6 Å². The summed E-state index contributed by atoms with van der Waals surface area (Å²) in [6.45, 7) is 1.49. The number of phenols is 1. The van der Waals surface area contributed by atoms with E-state index in [0.717, 1.165) is 31.5 Å². The number of hydrogen-bond acceptors (Lipinski definition) is 4. The second kappa shape index (κ2) is 7.66. The normalized spacial score (nSPS) is 15.0. The number of amides is 1. The van der Waals surface area contributed by atoms with E-state index in [0.29, 0.717) is 17.5 Å². The summed E-state index contributed by atoms with van der Waals surface area (Å²) in [5, 5.41) is 9.42. The summed E-state index contributed by atoms with van der Waals surface area (Å²) in [6, 6.07) is 17.1. The van der Waals surface area contributed by atoms with Crippen molar-refractivity contribution in [2.45, 2.75) is 25.2 Å². The Bertz CT molecular complexity index is 895. The molecule has 27 heavy (non-hydrogen) atoms. The molecule has 5 nitrogen and oxygen atoms in total. The number of likely N-dealkylation sites (tertiary alicyclic amines) is 1. The number of phenolic OH excluding ortho intramolecular Hbond substituents is 1. The zero-order chi connectivity index (χ0) is 18.6. The third-order valence-electron chi connectivity index (χ3n) is 5.12. The van der Waals surface area contributed by atoms with Gasteiger partial charge >= 0.3 is 0 Å². The monoisotopic (exact) mass is 362 g/mol. The minimum Gasteiger partial charge on any atom is -0.508 e. The van der Waals surface area contributed by atoms with Crippen molar-refractivity contribution < 1.29 is 14.3 Å². The Kier molecular flexibility index (Phi) is 4.92. The molecule has 2 heterocycles. The predicted octanol–water partition coefficient (Wildman–Crippen LogP) is 4.00. The fourth-order valence-corrected chi connectivity index (χ4v) is 3.58. The van der Waals surface area contributed by atoms with E-state index >= 15 is 0 Å². The molecule has 0 unspecified atom stereocenters. The standard InChI is InChI=1S/C22H22N2O3/c25-20-8-6-16(7-9-20)17-10-12-24(13-11-17)21(26)14-19-15-27-22(23-19)18-4-2-1-3-5-18/h1-9,15,17,25H,10-14H2. The molecule has 1 aliphatic heterocycles. The SMILES string of the molecule is O=C(Cc1coc(-c2ccccc2)n1)N1CCC(c2ccc(O)cc2)CC1. The number of oxazole rings is 1. The van der Waals surface area contributed by atoms with Crippen molar-refractivity contribution in [3.63, 3.8) is 0 Å². The molecule has 3 aromatic rings. The van der Waals surface area contributed by atoms with E-state index in [9.17, 15) is 9.90 Å². The van der Waals surface area contributed by atoms with Gasteiger partial charge in [0, 0.05) is 18.7 Å². The topological polar surface area (TPSA) is 66.6 Å². The summed E-state index contributed by atoms with van der Waals surface area (Å²) >= 11 is 0. The Labute approximate surface area is 158 Å². The number of aromatic hydroxyl groups is 1. The molecular formula is C22H22N2O3. The summed E-state index contributed by atoms with van der Waals surface area (Å²) in [5.74, 6) is 1.36. The molecule has 1 fully saturated rings. The zero-order valence-corrected chi connectivity index (χ0v) is 15.0. The lowest BCUT2D eigenvalue weighted by molar-refractivity contribution is -0.131. The Morgan fingerprint density at radius 3 is 2.48 bits per heavy atom. The Morgan fingerprint density at radius 1 is 1.07 bits per heavy atom. The Morgan fingerprint density at radius 2 is 1.78 bits per heavy atom. The van der Waals surface area contributed by atoms with Crippen molar-refractivity contribution in [2.24, 2.45) is 0 Å². The molecule has 0 atom stereocenters. The van der Waals surface area contributed by atoms with Gasteiger partial charge in [0.15, 0.2) is 0 Å². The molecule has 1 saturated heterocycles. The Balaban J connectivity index is 1.33. The van der Waals surface area contributed by atoms with E-state index in [1.165, 1.54) is 5.56 Å². The predicted molar refractivity (Wildman–Crippen MR) is 102 cm³/mol. The van der Waals surface area contributed by atoms with Crippen LogP contribution in [0.2, 0.25) is 0 Å². The Hall–Kier alpha value is -3.08. The van der Waals surface area contributed by atoms with E-state index in [4.69, 9.17) is 4.42 Å². The van der Waals surface area contributed by atoms with Crippen LogP contribution in [0.25, 0.3) is 11.5 Å². The highest BCUT2D eigenvalue weighted by Gasteiger charge is 2.24. The average Bonchev–Trinajstić information content (AvgIpc) is 3.18. The maximum atomic E-state index is 12.6. The van der Waals surface area contributed by atoms with E-state index in [1.807, 2.05) is 47.4 Å². The largest absolute Gasteiger partial charge is 0.508 e. The van der Waals surface area contributed by atoms with Gasteiger partial charge in [-0.3, -0.25) is 4.79 Å². The number of piperidine rings is 1. The molecule has 0 aliphatic carbocycles. The second-order valence-corrected chi connectivity index (χ2v) is 6.93. The van der Waals surface area contributed by atoms with Crippen LogP contribution in [0, 0.1) is 0 Å². The highest BCUT2D eigenvalue weighted by atomic mass is 16.3. The van der Waals surface area contributed by atoms with Gasteiger partial charge in [0.25, 0.3) is 0 Å². The van der Waals surface area contributed by atoms with Crippen LogP contribution in [0.1, 0.15) is 30.0 Å².